The fraction of sp³-hybridized carbons (Fsp3) is 0.185. The van der Waals surface area contributed by atoms with E-state index >= 15 is 0 Å². The second-order valence-corrected chi connectivity index (χ2v) is 9.28. The monoisotopic (exact) mass is 592 g/mol. The number of rotatable bonds is 4. The maximum Gasteiger partial charge on any atom is 0.416 e. The molecule has 0 unspecified atom stereocenters. The number of anilines is 2. The highest BCUT2D eigenvalue weighted by molar-refractivity contribution is 6.03. The quantitative estimate of drug-likeness (QED) is 0.265. The Morgan fingerprint density at radius 3 is 2.65 bits per heavy atom. The van der Waals surface area contributed by atoms with Crippen molar-refractivity contribution < 1.29 is 27.9 Å². The summed E-state index contributed by atoms with van der Waals surface area (Å²) < 4.78 is 42.9. The van der Waals surface area contributed by atoms with Crippen LogP contribution in [-0.4, -0.2) is 58.3 Å². The summed E-state index contributed by atoms with van der Waals surface area (Å²) in [6.45, 7) is 3.03. The van der Waals surface area contributed by atoms with Crippen molar-refractivity contribution in [1.82, 2.24) is 34.3 Å². The first-order chi connectivity index (χ1) is 20.6. The number of nitrogens with zero attached hydrogens (tertiary/aromatic N) is 8. The summed E-state index contributed by atoms with van der Waals surface area (Å²) in [5, 5.41) is 17.1. The highest BCUT2D eigenvalue weighted by Crippen LogP contribution is 2.39. The average Bonchev–Trinajstić information content (AvgIpc) is 3.63. The molecule has 6 rings (SSSR count). The predicted octanol–water partition coefficient (Wildman–Crippen LogP) is 3.51. The number of pyridine rings is 2. The first-order valence-electron chi connectivity index (χ1n) is 12.7. The van der Waals surface area contributed by atoms with E-state index in [4.69, 9.17) is 9.90 Å². The molecular weight excluding hydrogens is 569 g/mol. The van der Waals surface area contributed by atoms with Crippen LogP contribution in [0.2, 0.25) is 0 Å². The molecule has 16 heteroatoms. The lowest BCUT2D eigenvalue weighted by Crippen LogP contribution is -2.18. The number of halogens is 3. The molecular formula is C27H23F3N10O3. The minimum Gasteiger partial charge on any atom is -0.483 e. The van der Waals surface area contributed by atoms with Gasteiger partial charge in [0.05, 0.1) is 5.56 Å². The van der Waals surface area contributed by atoms with E-state index in [0.717, 1.165) is 46.4 Å². The third kappa shape index (κ3) is 6.17. The van der Waals surface area contributed by atoms with Gasteiger partial charge in [-0.3, -0.25) is 19.3 Å². The molecule has 3 aliphatic rings. The molecule has 0 radical (unpaired) electrons. The van der Waals surface area contributed by atoms with Gasteiger partial charge in [-0.2, -0.15) is 28.1 Å². The molecule has 0 saturated carbocycles. The zero-order chi connectivity index (χ0) is 30.7. The zero-order valence-corrected chi connectivity index (χ0v) is 22.7. The van der Waals surface area contributed by atoms with Crippen LogP contribution in [0.25, 0.3) is 22.5 Å². The van der Waals surface area contributed by atoms with Gasteiger partial charge in [-0.15, -0.1) is 5.10 Å². The molecule has 3 N–H and O–H groups in total. The minimum atomic E-state index is -4.58. The lowest BCUT2D eigenvalue weighted by atomic mass is 9.98. The van der Waals surface area contributed by atoms with Crippen molar-refractivity contribution >= 4 is 29.8 Å². The van der Waals surface area contributed by atoms with Crippen LogP contribution in [0.4, 0.5) is 30.6 Å². The van der Waals surface area contributed by atoms with Gasteiger partial charge in [0.25, 0.3) is 23.9 Å². The number of aryl methyl sites for hydroxylation is 2. The Kier molecular flexibility index (Phi) is 7.83. The van der Waals surface area contributed by atoms with E-state index in [9.17, 15) is 18.0 Å². The van der Waals surface area contributed by atoms with Crippen molar-refractivity contribution in [2.24, 2.45) is 12.0 Å². The number of benzene rings is 1. The summed E-state index contributed by atoms with van der Waals surface area (Å²) in [6.07, 6.45) is -0.395. The second kappa shape index (κ2) is 11.7. The largest absolute Gasteiger partial charge is 0.483 e. The third-order valence-electron chi connectivity index (χ3n) is 6.38. The van der Waals surface area contributed by atoms with Crippen LogP contribution in [0.5, 0.6) is 0 Å². The Balaban J connectivity index is 0.00000118. The lowest BCUT2D eigenvalue weighted by molar-refractivity contribution is -0.137. The molecule has 220 valence electrons. The summed E-state index contributed by atoms with van der Waals surface area (Å²) in [7, 11) is 1.74. The molecule has 2 aromatic heterocycles. The van der Waals surface area contributed by atoms with E-state index in [1.54, 1.807) is 25.4 Å². The number of hydrogen-bond donors (Lipinski definition) is 3. The topological polar surface area (TPSA) is 165 Å². The Bertz CT molecular complexity index is 1870. The SMILES string of the molecule is Cc1ccc(NC(=O)c2cc(C(F)(F)F)ccn2)cc1-c1cc2cnc(=Nc3ncn(C)n3)nc-2n2c1NCC2.O=CO. The molecule has 0 bridgehead atoms. The van der Waals surface area contributed by atoms with E-state index in [1.807, 2.05) is 23.6 Å². The summed E-state index contributed by atoms with van der Waals surface area (Å²) in [4.78, 5) is 42.3. The van der Waals surface area contributed by atoms with Crippen molar-refractivity contribution in [2.75, 3.05) is 17.2 Å². The summed E-state index contributed by atoms with van der Waals surface area (Å²) in [5.74, 6) is 1.03. The number of carbonyl (C=O) groups is 2. The summed E-state index contributed by atoms with van der Waals surface area (Å²) in [5.41, 5.74) is 2.75. The number of amides is 1. The van der Waals surface area contributed by atoms with Gasteiger partial charge >= 0.3 is 6.18 Å². The molecule has 1 amide bonds. The highest BCUT2D eigenvalue weighted by Gasteiger charge is 2.31. The smallest absolute Gasteiger partial charge is 0.416 e. The maximum atomic E-state index is 13.1. The van der Waals surface area contributed by atoms with Crippen molar-refractivity contribution in [1.29, 1.82) is 0 Å². The molecule has 0 spiro atoms. The van der Waals surface area contributed by atoms with Crippen LogP contribution in [0.3, 0.4) is 0 Å². The minimum absolute atomic E-state index is 0.233. The molecule has 1 aromatic carbocycles. The van der Waals surface area contributed by atoms with Crippen LogP contribution in [0.1, 0.15) is 21.6 Å². The van der Waals surface area contributed by atoms with Gasteiger partial charge in [0.2, 0.25) is 0 Å². The lowest BCUT2D eigenvalue weighted by Gasteiger charge is -2.19. The van der Waals surface area contributed by atoms with E-state index in [-0.39, 0.29) is 23.7 Å². The predicted molar refractivity (Wildman–Crippen MR) is 147 cm³/mol. The molecule has 3 aliphatic heterocycles. The van der Waals surface area contributed by atoms with Crippen LogP contribution in [0.15, 0.2) is 60.1 Å². The van der Waals surface area contributed by atoms with Crippen molar-refractivity contribution in [3.05, 3.63) is 77.6 Å². The first kappa shape index (κ1) is 28.8. The van der Waals surface area contributed by atoms with Gasteiger partial charge in [-0.1, -0.05) is 6.07 Å². The van der Waals surface area contributed by atoms with Gasteiger partial charge in [0.1, 0.15) is 23.7 Å². The number of carbonyl (C=O) groups excluding carboxylic acids is 1. The summed E-state index contributed by atoms with van der Waals surface area (Å²) >= 11 is 0. The Hall–Kier alpha value is -5.67. The molecule has 3 aromatic rings. The number of fused-ring (bicyclic) bond motifs is 3. The zero-order valence-electron chi connectivity index (χ0n) is 22.7. The maximum absolute atomic E-state index is 13.1. The van der Waals surface area contributed by atoms with Crippen LogP contribution in [-0.2, 0) is 24.6 Å². The van der Waals surface area contributed by atoms with Gasteiger partial charge < -0.3 is 20.3 Å². The number of hydrogen-bond acceptors (Lipinski definition) is 9. The number of nitrogens with one attached hydrogen (secondary N) is 2. The molecule has 5 heterocycles. The Morgan fingerprint density at radius 1 is 1.14 bits per heavy atom. The third-order valence-corrected chi connectivity index (χ3v) is 6.38. The first-order valence-corrected chi connectivity index (χ1v) is 12.7. The van der Waals surface area contributed by atoms with Gasteiger partial charge in [-0.25, -0.2) is 4.98 Å². The molecule has 0 fully saturated rings. The van der Waals surface area contributed by atoms with E-state index in [0.29, 0.717) is 24.6 Å². The molecule has 43 heavy (non-hydrogen) atoms. The Morgan fingerprint density at radius 2 is 1.93 bits per heavy atom. The average molecular weight is 593 g/mol. The molecule has 0 atom stereocenters. The van der Waals surface area contributed by atoms with E-state index in [1.165, 1.54) is 11.0 Å². The van der Waals surface area contributed by atoms with Crippen LogP contribution < -0.4 is 16.3 Å². The van der Waals surface area contributed by atoms with Crippen LogP contribution in [0, 0.1) is 6.92 Å². The fourth-order valence-corrected chi connectivity index (χ4v) is 4.50. The number of alkyl halides is 3. The van der Waals surface area contributed by atoms with E-state index in [2.05, 4.69) is 40.7 Å². The van der Waals surface area contributed by atoms with Crippen LogP contribution >= 0.6 is 0 Å². The van der Waals surface area contributed by atoms with E-state index < -0.39 is 17.6 Å². The highest BCUT2D eigenvalue weighted by atomic mass is 19.4. The normalized spacial score (nSPS) is 12.7. The summed E-state index contributed by atoms with van der Waals surface area (Å²) in [6, 6.07) is 8.80. The van der Waals surface area contributed by atoms with Gasteiger partial charge in [-0.05, 0) is 48.4 Å². The standard InChI is InChI=1S/C26H21F3N10O.CH2O2/c1-14-3-4-17(34-23(40)20-10-16(5-6-30-20)26(27,28)29)11-18(14)19-9-15-12-32-24(36-25-33-13-38(2)37-25)35-21(15)39-8-7-31-22(19)39;2-1-3/h3-6,9-13,31H,7-8H2,1-2H3,(H,34,40);1H,(H,2,3). The fourth-order valence-electron chi connectivity index (χ4n) is 4.50. The number of aromatic nitrogens is 7. The number of carboxylic acid groups (broad SMARTS) is 1. The second-order valence-electron chi connectivity index (χ2n) is 9.28. The van der Waals surface area contributed by atoms with Crippen molar-refractivity contribution in [3.8, 4) is 22.5 Å². The Labute approximate surface area is 241 Å². The van der Waals surface area contributed by atoms with Gasteiger partial charge in [0.15, 0.2) is 0 Å². The molecule has 0 saturated heterocycles. The van der Waals surface area contributed by atoms with Crippen molar-refractivity contribution in [2.45, 2.75) is 19.6 Å². The molecule has 13 nitrogen and oxygen atoms in total. The van der Waals surface area contributed by atoms with Gasteiger partial charge in [0, 0.05) is 49.3 Å². The molecule has 0 aliphatic carbocycles. The van der Waals surface area contributed by atoms with Crippen molar-refractivity contribution in [3.63, 3.8) is 0 Å².